The summed E-state index contributed by atoms with van der Waals surface area (Å²) in [7, 11) is -4.05. The number of alkyl halides is 6. The number of allylic oxidation sites excluding steroid dienone is 1. The summed E-state index contributed by atoms with van der Waals surface area (Å²) in [5, 5.41) is 1.03. The second-order valence-corrected chi connectivity index (χ2v) is 8.20. The molecule has 0 aromatic heterocycles. The Balaban J connectivity index is 2.28. The van der Waals surface area contributed by atoms with Gasteiger partial charge in [0.2, 0.25) is 10.0 Å². The van der Waals surface area contributed by atoms with Crippen molar-refractivity contribution in [3.05, 3.63) is 41.6 Å². The van der Waals surface area contributed by atoms with Gasteiger partial charge in [-0.1, -0.05) is 6.58 Å². The van der Waals surface area contributed by atoms with E-state index in [1.165, 1.54) is 0 Å². The van der Waals surface area contributed by atoms with Crippen LogP contribution in [0, 0.1) is 0 Å². The summed E-state index contributed by atoms with van der Waals surface area (Å²) in [6, 6.07) is 1.74. The molecule has 0 bridgehead atoms. The number of hydrogen-bond acceptors (Lipinski definition) is 4. The molecule has 1 aliphatic heterocycles. The minimum Gasteiger partial charge on any atom is -0.378 e. The van der Waals surface area contributed by atoms with Crippen LogP contribution in [-0.2, 0) is 20.9 Å². The lowest BCUT2D eigenvalue weighted by molar-refractivity contribution is -0.137. The number of rotatable bonds is 7. The molecule has 1 heterocycles. The zero-order valence-corrected chi connectivity index (χ0v) is 15.5. The quantitative estimate of drug-likeness (QED) is 0.629. The van der Waals surface area contributed by atoms with Gasteiger partial charge in [-0.15, -0.1) is 0 Å². The molecule has 13 heteroatoms. The summed E-state index contributed by atoms with van der Waals surface area (Å²) in [4.78, 5) is 12.3. The van der Waals surface area contributed by atoms with E-state index in [-0.39, 0.29) is 18.9 Å². The van der Waals surface area contributed by atoms with Crippen LogP contribution < -0.4 is 10.0 Å². The third kappa shape index (κ3) is 6.35. The Morgan fingerprint density at radius 1 is 1.17 bits per heavy atom. The second kappa shape index (κ2) is 8.22. The minimum absolute atomic E-state index is 0.119. The fraction of sp³-hybridized carbons (Fsp3) is 0.438. The molecule has 162 valence electrons. The second-order valence-electron chi connectivity index (χ2n) is 6.24. The van der Waals surface area contributed by atoms with Crippen LogP contribution in [0.5, 0.6) is 0 Å². The number of carbonyl (C=O) groups excluding carboxylic acids is 1. The van der Waals surface area contributed by atoms with Crippen LogP contribution in [0.4, 0.5) is 32.0 Å². The van der Waals surface area contributed by atoms with Crippen molar-refractivity contribution in [3.8, 4) is 0 Å². The fourth-order valence-electron chi connectivity index (χ4n) is 2.21. The molecule has 0 aliphatic carbocycles. The highest BCUT2D eigenvalue weighted by atomic mass is 32.2. The molecule has 0 saturated carbocycles. The van der Waals surface area contributed by atoms with Crippen molar-refractivity contribution < 1.29 is 44.3 Å². The highest BCUT2D eigenvalue weighted by Gasteiger charge is 2.35. The molecule has 2 rings (SSSR count). The lowest BCUT2D eigenvalue weighted by atomic mass is 10.1. The molecule has 1 aliphatic rings. The van der Waals surface area contributed by atoms with Crippen molar-refractivity contribution in [1.82, 2.24) is 5.32 Å². The lowest BCUT2D eigenvalue weighted by Crippen LogP contribution is -2.44. The fourth-order valence-corrected chi connectivity index (χ4v) is 3.41. The van der Waals surface area contributed by atoms with Gasteiger partial charge in [-0.2, -0.15) is 26.3 Å². The van der Waals surface area contributed by atoms with Crippen LogP contribution in [0.3, 0.4) is 0 Å². The molecule has 6 nitrogen and oxygen atoms in total. The number of hydrogen-bond donors (Lipinski definition) is 2. The number of halogens is 6. The van der Waals surface area contributed by atoms with Gasteiger partial charge in [-0.05, 0) is 24.6 Å². The molecular formula is C16H16F6N2O4S. The first-order valence-corrected chi connectivity index (χ1v) is 9.60. The zero-order chi connectivity index (χ0) is 22.0. The van der Waals surface area contributed by atoms with E-state index in [9.17, 15) is 39.6 Å². The molecule has 1 fully saturated rings. The number of benzene rings is 1. The number of anilines is 1. The molecule has 0 radical (unpaired) electrons. The van der Waals surface area contributed by atoms with E-state index in [0.29, 0.717) is 12.1 Å². The van der Waals surface area contributed by atoms with Gasteiger partial charge >= 0.3 is 12.4 Å². The van der Waals surface area contributed by atoms with E-state index >= 15 is 0 Å². The van der Waals surface area contributed by atoms with E-state index in [1.807, 2.05) is 10.0 Å². The summed E-state index contributed by atoms with van der Waals surface area (Å²) < 4.78 is 107. The van der Waals surface area contributed by atoms with Gasteiger partial charge in [0.25, 0.3) is 5.91 Å². The van der Waals surface area contributed by atoms with E-state index < -0.39 is 63.2 Å². The molecular weight excluding hydrogens is 430 g/mol. The molecule has 0 spiro atoms. The first-order valence-electron chi connectivity index (χ1n) is 8.05. The minimum atomic E-state index is -4.83. The van der Waals surface area contributed by atoms with E-state index in [4.69, 9.17) is 4.74 Å². The van der Waals surface area contributed by atoms with Crippen molar-refractivity contribution in [2.24, 2.45) is 0 Å². The van der Waals surface area contributed by atoms with Crippen molar-refractivity contribution >= 4 is 21.6 Å². The smallest absolute Gasteiger partial charge is 0.378 e. The number of nitrogens with one attached hydrogen (secondary N) is 2. The maximum atomic E-state index is 13.0. The lowest BCUT2D eigenvalue weighted by Gasteiger charge is -2.26. The van der Waals surface area contributed by atoms with Gasteiger partial charge in [0, 0.05) is 12.1 Å². The zero-order valence-electron chi connectivity index (χ0n) is 14.7. The molecule has 0 atom stereocenters. The average Bonchev–Trinajstić information content (AvgIpc) is 2.48. The molecule has 29 heavy (non-hydrogen) atoms. The third-order valence-electron chi connectivity index (χ3n) is 3.89. The van der Waals surface area contributed by atoms with Gasteiger partial charge in [-0.3, -0.25) is 9.52 Å². The highest BCUT2D eigenvalue weighted by molar-refractivity contribution is 7.93. The van der Waals surface area contributed by atoms with Crippen LogP contribution in [0.1, 0.15) is 28.8 Å². The van der Waals surface area contributed by atoms with Gasteiger partial charge < -0.3 is 10.1 Å². The van der Waals surface area contributed by atoms with Crippen LogP contribution in [0.25, 0.3) is 0 Å². The van der Waals surface area contributed by atoms with Crippen molar-refractivity contribution in [1.29, 1.82) is 0 Å². The number of ether oxygens (including phenoxy) is 1. The Bertz CT molecular complexity index is 892. The normalized spacial score (nSPS) is 15.5. The Morgan fingerprint density at radius 3 is 2.28 bits per heavy atom. The van der Waals surface area contributed by atoms with Crippen molar-refractivity contribution in [2.45, 2.75) is 30.4 Å². The molecule has 1 saturated heterocycles. The Kier molecular flexibility index (Phi) is 6.52. The first-order chi connectivity index (χ1) is 13.2. The Labute approximate surface area is 162 Å². The SMILES string of the molecule is C=C(CCC(F)(F)F)NC(=O)c1cc(C(F)(F)F)ccc1NS(=O)(=O)C1COC1. The van der Waals surface area contributed by atoms with Gasteiger partial charge in [0.15, 0.2) is 0 Å². The molecule has 1 amide bonds. The maximum Gasteiger partial charge on any atom is 0.416 e. The Hall–Kier alpha value is -2.28. The molecule has 1 aromatic carbocycles. The molecule has 2 N–H and O–H groups in total. The number of carbonyl (C=O) groups is 1. The maximum absolute atomic E-state index is 13.0. The third-order valence-corrected chi connectivity index (χ3v) is 5.54. The predicted octanol–water partition coefficient (Wildman–Crippen LogP) is 3.43. The monoisotopic (exact) mass is 446 g/mol. The number of amides is 1. The molecule has 0 unspecified atom stereocenters. The van der Waals surface area contributed by atoms with Gasteiger partial charge in [-0.25, -0.2) is 8.42 Å². The average molecular weight is 446 g/mol. The summed E-state index contributed by atoms with van der Waals surface area (Å²) in [6.07, 6.45) is -11.3. The van der Waals surface area contributed by atoms with E-state index in [0.717, 1.165) is 6.07 Å². The summed E-state index contributed by atoms with van der Waals surface area (Å²) >= 11 is 0. The van der Waals surface area contributed by atoms with Gasteiger partial charge in [0.05, 0.1) is 30.0 Å². The summed E-state index contributed by atoms with van der Waals surface area (Å²) in [6.45, 7) is 3.00. The largest absolute Gasteiger partial charge is 0.416 e. The van der Waals surface area contributed by atoms with Crippen LogP contribution in [0.2, 0.25) is 0 Å². The van der Waals surface area contributed by atoms with Crippen molar-refractivity contribution in [2.75, 3.05) is 17.9 Å². The van der Waals surface area contributed by atoms with Crippen LogP contribution in [0.15, 0.2) is 30.5 Å². The highest BCUT2D eigenvalue weighted by Crippen LogP contribution is 2.33. The van der Waals surface area contributed by atoms with E-state index in [1.54, 1.807) is 0 Å². The predicted molar refractivity (Wildman–Crippen MR) is 90.5 cm³/mol. The van der Waals surface area contributed by atoms with Crippen LogP contribution >= 0.6 is 0 Å². The van der Waals surface area contributed by atoms with E-state index in [2.05, 4.69) is 6.58 Å². The number of sulfonamides is 1. The molecule has 1 aromatic rings. The summed E-state index contributed by atoms with van der Waals surface area (Å²) in [5.41, 5.74) is -2.78. The standard InChI is InChI=1S/C16H16F6N2O4S/c1-9(4-5-15(17,18)19)23-14(25)12-6-10(16(20,21)22)2-3-13(12)24-29(26,27)11-7-28-8-11/h2-3,6,11,24H,1,4-5,7-8H2,(H,23,25). The topological polar surface area (TPSA) is 84.5 Å². The van der Waals surface area contributed by atoms with Gasteiger partial charge in [0.1, 0.15) is 5.25 Å². The van der Waals surface area contributed by atoms with Crippen molar-refractivity contribution in [3.63, 3.8) is 0 Å². The Morgan fingerprint density at radius 2 is 1.79 bits per heavy atom. The van der Waals surface area contributed by atoms with Crippen LogP contribution in [-0.4, -0.2) is 39.0 Å². The summed E-state index contributed by atoms with van der Waals surface area (Å²) in [5.74, 6) is -1.23. The first kappa shape index (κ1) is 23.0.